The van der Waals surface area contributed by atoms with E-state index in [1.165, 1.54) is 10.5 Å². The molecule has 1 fully saturated rings. The highest BCUT2D eigenvalue weighted by Crippen LogP contribution is 2.20. The van der Waals surface area contributed by atoms with Crippen molar-refractivity contribution in [3.8, 4) is 0 Å². The highest BCUT2D eigenvalue weighted by molar-refractivity contribution is 7.80. The lowest BCUT2D eigenvalue weighted by Crippen LogP contribution is -3.15. The van der Waals surface area contributed by atoms with Gasteiger partial charge in [-0.2, -0.15) is 0 Å². The molecular weight excluding hydrogens is 378 g/mol. The molecule has 3 rings (SSSR count). The Hall–Kier alpha value is -1.66. The van der Waals surface area contributed by atoms with Crippen molar-refractivity contribution in [3.05, 3.63) is 64.7 Å². The van der Waals surface area contributed by atoms with E-state index in [9.17, 15) is 0 Å². The molecule has 1 aliphatic rings. The molecule has 3 N–H and O–H groups in total. The number of morpholine rings is 1. The van der Waals surface area contributed by atoms with Crippen LogP contribution < -0.4 is 15.5 Å². The number of benzene rings is 2. The van der Waals surface area contributed by atoms with Gasteiger partial charge in [0.05, 0.1) is 19.3 Å². The normalized spacial score (nSPS) is 17.1. The number of hydrogen-bond donors (Lipinski definition) is 3. The van der Waals surface area contributed by atoms with Crippen LogP contribution in [0.2, 0.25) is 5.02 Å². The molecule has 6 heteroatoms. The van der Waals surface area contributed by atoms with Crippen LogP contribution in [0.15, 0.2) is 48.5 Å². The van der Waals surface area contributed by atoms with Gasteiger partial charge in [-0.3, -0.25) is 0 Å². The van der Waals surface area contributed by atoms with Crippen LogP contribution in [-0.4, -0.2) is 37.5 Å². The standard InChI is InChI=1S/C21H26ClN3OS/c1-15-8-9-18(14-19(15)22)24-21(27)23-16(2)20(17-6-4-3-5-7-17)25-10-12-26-13-11-25/h3-9,14,16,20H,10-13H2,1-2H3,(H2,23,24,27)/p+1/t16-,20+/m1/s1. The van der Waals surface area contributed by atoms with Gasteiger partial charge in [-0.25, -0.2) is 0 Å². The molecule has 0 spiro atoms. The van der Waals surface area contributed by atoms with Crippen molar-refractivity contribution in [1.82, 2.24) is 5.32 Å². The Bertz CT molecular complexity index is 765. The predicted octanol–water partition coefficient (Wildman–Crippen LogP) is 2.98. The second-order valence-corrected chi connectivity index (χ2v) is 7.83. The highest BCUT2D eigenvalue weighted by atomic mass is 35.5. The molecule has 1 heterocycles. The minimum absolute atomic E-state index is 0.168. The maximum absolute atomic E-state index is 6.22. The Morgan fingerprint density at radius 1 is 1.15 bits per heavy atom. The molecule has 4 nitrogen and oxygen atoms in total. The molecule has 0 aromatic heterocycles. The van der Waals surface area contributed by atoms with Gasteiger partial charge in [-0.15, -0.1) is 0 Å². The third-order valence-electron chi connectivity index (χ3n) is 5.02. The number of ether oxygens (including phenoxy) is 1. The Labute approximate surface area is 171 Å². The average Bonchev–Trinajstić information content (AvgIpc) is 2.66. The first-order valence-corrected chi connectivity index (χ1v) is 10.1. The van der Waals surface area contributed by atoms with E-state index in [1.807, 2.05) is 25.1 Å². The van der Waals surface area contributed by atoms with Gasteiger partial charge in [-0.1, -0.05) is 48.0 Å². The maximum atomic E-state index is 6.22. The van der Waals surface area contributed by atoms with Gasteiger partial charge in [0, 0.05) is 16.3 Å². The third-order valence-corrected chi connectivity index (χ3v) is 5.65. The molecule has 27 heavy (non-hydrogen) atoms. The van der Waals surface area contributed by atoms with Gasteiger partial charge in [0.15, 0.2) is 5.11 Å². The van der Waals surface area contributed by atoms with E-state index < -0.39 is 0 Å². The number of quaternary nitrogens is 1. The van der Waals surface area contributed by atoms with E-state index in [-0.39, 0.29) is 6.04 Å². The molecule has 0 saturated carbocycles. The van der Waals surface area contributed by atoms with Crippen molar-refractivity contribution in [2.75, 3.05) is 31.6 Å². The van der Waals surface area contributed by atoms with Gasteiger partial charge in [0.1, 0.15) is 19.1 Å². The molecule has 0 unspecified atom stereocenters. The Morgan fingerprint density at radius 2 is 1.85 bits per heavy atom. The van der Waals surface area contributed by atoms with Crippen LogP contribution in [0.3, 0.4) is 0 Å². The summed E-state index contributed by atoms with van der Waals surface area (Å²) in [5.74, 6) is 0. The van der Waals surface area contributed by atoms with Crippen molar-refractivity contribution in [2.45, 2.75) is 25.9 Å². The summed E-state index contributed by atoms with van der Waals surface area (Å²) in [6.45, 7) is 7.78. The Kier molecular flexibility index (Phi) is 7.07. The molecule has 0 bridgehead atoms. The number of rotatable bonds is 5. The molecule has 0 amide bonds. The summed E-state index contributed by atoms with van der Waals surface area (Å²) in [7, 11) is 0. The van der Waals surface area contributed by atoms with Crippen LogP contribution in [0.1, 0.15) is 24.1 Å². The van der Waals surface area contributed by atoms with Crippen LogP contribution >= 0.6 is 23.8 Å². The molecule has 2 aromatic carbocycles. The maximum Gasteiger partial charge on any atom is 0.171 e. The van der Waals surface area contributed by atoms with Crippen LogP contribution in [0.4, 0.5) is 5.69 Å². The van der Waals surface area contributed by atoms with Crippen LogP contribution in [-0.2, 0) is 4.74 Å². The zero-order valence-corrected chi connectivity index (χ0v) is 17.4. The van der Waals surface area contributed by atoms with E-state index in [0.29, 0.717) is 11.2 Å². The molecule has 0 radical (unpaired) electrons. The summed E-state index contributed by atoms with van der Waals surface area (Å²) in [4.78, 5) is 1.52. The van der Waals surface area contributed by atoms with Crippen molar-refractivity contribution in [2.24, 2.45) is 0 Å². The molecule has 0 aliphatic carbocycles. The van der Waals surface area contributed by atoms with Crippen molar-refractivity contribution >= 4 is 34.6 Å². The first-order valence-electron chi connectivity index (χ1n) is 9.35. The SMILES string of the molecule is Cc1ccc(NC(=S)N[C@H](C)[C@@H](c2ccccc2)[NH+]2CCOCC2)cc1Cl. The van der Waals surface area contributed by atoms with Crippen molar-refractivity contribution in [3.63, 3.8) is 0 Å². The molecule has 1 saturated heterocycles. The average molecular weight is 405 g/mol. The zero-order valence-electron chi connectivity index (χ0n) is 15.8. The third kappa shape index (κ3) is 5.42. The lowest BCUT2D eigenvalue weighted by atomic mass is 9.98. The van der Waals surface area contributed by atoms with Gasteiger partial charge < -0.3 is 20.3 Å². The first kappa shape index (κ1) is 20.1. The minimum atomic E-state index is 0.168. The van der Waals surface area contributed by atoms with Gasteiger partial charge >= 0.3 is 0 Å². The molecular formula is C21H27ClN3OS+. The fourth-order valence-electron chi connectivity index (χ4n) is 3.61. The number of halogens is 1. The molecule has 144 valence electrons. The quantitative estimate of drug-likeness (QED) is 0.670. The summed E-state index contributed by atoms with van der Waals surface area (Å²) < 4.78 is 5.55. The van der Waals surface area contributed by atoms with Gasteiger partial charge in [0.2, 0.25) is 0 Å². The first-order chi connectivity index (χ1) is 13.0. The summed E-state index contributed by atoms with van der Waals surface area (Å²) in [5, 5.41) is 8.07. The summed E-state index contributed by atoms with van der Waals surface area (Å²) in [6.07, 6.45) is 0. The summed E-state index contributed by atoms with van der Waals surface area (Å²) in [5.41, 5.74) is 3.26. The predicted molar refractivity (Wildman–Crippen MR) is 116 cm³/mol. The fraction of sp³-hybridized carbons (Fsp3) is 0.381. The second kappa shape index (κ2) is 9.51. The van der Waals surface area contributed by atoms with Crippen LogP contribution in [0.25, 0.3) is 0 Å². The lowest BCUT2D eigenvalue weighted by Gasteiger charge is -2.35. The highest BCUT2D eigenvalue weighted by Gasteiger charge is 2.31. The zero-order chi connectivity index (χ0) is 19.2. The van der Waals surface area contributed by atoms with Crippen molar-refractivity contribution in [1.29, 1.82) is 0 Å². The number of thiocarbonyl (C=S) groups is 1. The van der Waals surface area contributed by atoms with E-state index in [2.05, 4.69) is 47.9 Å². The minimum Gasteiger partial charge on any atom is -0.370 e. The molecule has 2 aromatic rings. The largest absolute Gasteiger partial charge is 0.370 e. The number of aryl methyl sites for hydroxylation is 1. The van der Waals surface area contributed by atoms with Crippen molar-refractivity contribution < 1.29 is 9.64 Å². The van der Waals surface area contributed by atoms with E-state index in [1.54, 1.807) is 0 Å². The summed E-state index contributed by atoms with van der Waals surface area (Å²) in [6, 6.07) is 17.0. The summed E-state index contributed by atoms with van der Waals surface area (Å²) >= 11 is 11.8. The number of hydrogen-bond acceptors (Lipinski definition) is 2. The fourth-order valence-corrected chi connectivity index (χ4v) is 4.10. The van der Waals surface area contributed by atoms with Gasteiger partial charge in [0.25, 0.3) is 0 Å². The Morgan fingerprint density at radius 3 is 2.52 bits per heavy atom. The van der Waals surface area contributed by atoms with E-state index in [0.717, 1.165) is 42.6 Å². The topological polar surface area (TPSA) is 37.7 Å². The molecule has 1 aliphatic heterocycles. The number of nitrogens with one attached hydrogen (secondary N) is 3. The Balaban J connectivity index is 1.70. The van der Waals surface area contributed by atoms with E-state index >= 15 is 0 Å². The van der Waals surface area contributed by atoms with Crippen LogP contribution in [0, 0.1) is 6.92 Å². The lowest BCUT2D eigenvalue weighted by molar-refractivity contribution is -0.940. The van der Waals surface area contributed by atoms with Gasteiger partial charge in [-0.05, 0) is 43.8 Å². The van der Waals surface area contributed by atoms with Crippen LogP contribution in [0.5, 0.6) is 0 Å². The van der Waals surface area contributed by atoms with E-state index in [4.69, 9.17) is 28.6 Å². The smallest absolute Gasteiger partial charge is 0.171 e. The second-order valence-electron chi connectivity index (χ2n) is 7.01. The monoisotopic (exact) mass is 404 g/mol. The molecule has 2 atom stereocenters. The number of anilines is 1.